The van der Waals surface area contributed by atoms with E-state index in [4.69, 9.17) is 9.47 Å². The van der Waals surface area contributed by atoms with Gasteiger partial charge in [-0.1, -0.05) is 0 Å². The normalized spacial score (nSPS) is 13.6. The summed E-state index contributed by atoms with van der Waals surface area (Å²) < 4.78 is 10.1. The minimum atomic E-state index is -0.319. The number of ether oxygens (including phenoxy) is 2. The first-order valence-corrected chi connectivity index (χ1v) is 6.04. The van der Waals surface area contributed by atoms with Crippen LogP contribution in [-0.2, 0) is 14.3 Å². The van der Waals surface area contributed by atoms with Crippen molar-refractivity contribution in [1.29, 1.82) is 0 Å². The lowest BCUT2D eigenvalue weighted by Crippen LogP contribution is -2.35. The number of hydrogen-bond donors (Lipinski definition) is 1. The Kier molecular flexibility index (Phi) is 3.89. The number of carbonyl (C=O) groups is 2. The molecule has 1 amide bonds. The summed E-state index contributed by atoms with van der Waals surface area (Å²) in [6.07, 6.45) is 0. The molecule has 1 heterocycles. The molecule has 1 aromatic rings. The van der Waals surface area contributed by atoms with Gasteiger partial charge in [-0.05, 0) is 25.1 Å². The Morgan fingerprint density at radius 3 is 3.05 bits per heavy atom. The Morgan fingerprint density at radius 1 is 1.53 bits per heavy atom. The lowest BCUT2D eigenvalue weighted by molar-refractivity contribution is -0.140. The van der Waals surface area contributed by atoms with Gasteiger partial charge in [0, 0.05) is 12.7 Å². The second-order valence-electron chi connectivity index (χ2n) is 4.08. The summed E-state index contributed by atoms with van der Waals surface area (Å²) in [7, 11) is 1.69. The fourth-order valence-corrected chi connectivity index (χ4v) is 1.77. The molecule has 0 radical (unpaired) electrons. The quantitative estimate of drug-likeness (QED) is 0.822. The number of hydrogen-bond acceptors (Lipinski definition) is 5. The SMILES string of the molecule is CCOC(=O)CNc1ccc2c(c1)N(C)C(=O)CO2. The first-order valence-electron chi connectivity index (χ1n) is 6.04. The molecule has 0 fully saturated rings. The van der Waals surface area contributed by atoms with E-state index in [9.17, 15) is 9.59 Å². The summed E-state index contributed by atoms with van der Waals surface area (Å²) in [6, 6.07) is 5.33. The van der Waals surface area contributed by atoms with Gasteiger partial charge in [0.15, 0.2) is 6.61 Å². The van der Waals surface area contributed by atoms with Crippen molar-refractivity contribution in [2.24, 2.45) is 0 Å². The molecule has 0 saturated heterocycles. The van der Waals surface area contributed by atoms with Crippen LogP contribution < -0.4 is 15.0 Å². The van der Waals surface area contributed by atoms with Gasteiger partial charge in [-0.2, -0.15) is 0 Å². The number of benzene rings is 1. The van der Waals surface area contributed by atoms with Gasteiger partial charge in [0.2, 0.25) is 0 Å². The second-order valence-corrected chi connectivity index (χ2v) is 4.08. The Labute approximate surface area is 111 Å². The number of nitrogens with one attached hydrogen (secondary N) is 1. The lowest BCUT2D eigenvalue weighted by Gasteiger charge is -2.26. The molecule has 102 valence electrons. The van der Waals surface area contributed by atoms with E-state index < -0.39 is 0 Å². The number of amides is 1. The number of nitrogens with zero attached hydrogens (tertiary/aromatic N) is 1. The Balaban J connectivity index is 2.08. The summed E-state index contributed by atoms with van der Waals surface area (Å²) in [5, 5.41) is 2.95. The minimum Gasteiger partial charge on any atom is -0.482 e. The zero-order chi connectivity index (χ0) is 13.8. The van der Waals surface area contributed by atoms with Crippen LogP contribution in [0, 0.1) is 0 Å². The number of anilines is 2. The van der Waals surface area contributed by atoms with E-state index in [0.29, 0.717) is 18.0 Å². The summed E-state index contributed by atoms with van der Waals surface area (Å²) in [5.41, 5.74) is 1.42. The van der Waals surface area contributed by atoms with Crippen LogP contribution in [-0.4, -0.2) is 38.7 Å². The molecule has 0 spiro atoms. The van der Waals surface area contributed by atoms with Crippen molar-refractivity contribution in [3.63, 3.8) is 0 Å². The average molecular weight is 264 g/mol. The average Bonchev–Trinajstić information content (AvgIpc) is 2.41. The third kappa shape index (κ3) is 2.96. The van der Waals surface area contributed by atoms with Crippen LogP contribution in [0.5, 0.6) is 5.75 Å². The second kappa shape index (κ2) is 5.60. The highest BCUT2D eigenvalue weighted by atomic mass is 16.5. The zero-order valence-electron chi connectivity index (χ0n) is 10.9. The van der Waals surface area contributed by atoms with Crippen LogP contribution in [0.4, 0.5) is 11.4 Å². The Hall–Kier alpha value is -2.24. The van der Waals surface area contributed by atoms with E-state index in [1.807, 2.05) is 0 Å². The van der Waals surface area contributed by atoms with Gasteiger partial charge >= 0.3 is 5.97 Å². The van der Waals surface area contributed by atoms with E-state index in [2.05, 4.69) is 5.32 Å². The molecule has 1 aromatic carbocycles. The summed E-state index contributed by atoms with van der Waals surface area (Å²) in [5.74, 6) is 0.236. The highest BCUT2D eigenvalue weighted by Crippen LogP contribution is 2.33. The monoisotopic (exact) mass is 264 g/mol. The summed E-state index contributed by atoms with van der Waals surface area (Å²) in [4.78, 5) is 24.3. The van der Waals surface area contributed by atoms with Crippen LogP contribution in [0.25, 0.3) is 0 Å². The number of esters is 1. The van der Waals surface area contributed by atoms with Crippen LogP contribution in [0.3, 0.4) is 0 Å². The Bertz CT molecular complexity index is 501. The van der Waals surface area contributed by atoms with Gasteiger partial charge in [-0.15, -0.1) is 0 Å². The van der Waals surface area contributed by atoms with Crippen LogP contribution in [0.2, 0.25) is 0 Å². The van der Waals surface area contributed by atoms with E-state index in [1.165, 1.54) is 4.90 Å². The number of likely N-dealkylation sites (N-methyl/N-ethyl adjacent to an activating group) is 1. The molecule has 1 N–H and O–H groups in total. The fraction of sp³-hybridized carbons (Fsp3) is 0.385. The first-order chi connectivity index (χ1) is 9.11. The van der Waals surface area contributed by atoms with Crippen molar-refractivity contribution in [1.82, 2.24) is 0 Å². The van der Waals surface area contributed by atoms with Crippen molar-refractivity contribution in [3.8, 4) is 5.75 Å². The van der Waals surface area contributed by atoms with Crippen LogP contribution in [0.1, 0.15) is 6.92 Å². The number of carbonyl (C=O) groups excluding carboxylic acids is 2. The van der Waals surface area contributed by atoms with Gasteiger partial charge < -0.3 is 19.7 Å². The predicted molar refractivity (Wildman–Crippen MR) is 70.5 cm³/mol. The molecule has 0 unspecified atom stereocenters. The molecule has 0 aliphatic carbocycles. The number of fused-ring (bicyclic) bond motifs is 1. The van der Waals surface area contributed by atoms with Crippen LogP contribution >= 0.6 is 0 Å². The first kappa shape index (κ1) is 13.2. The predicted octanol–water partition coefficient (Wildman–Crippen LogP) is 1.02. The molecule has 0 bridgehead atoms. The summed E-state index contributed by atoms with van der Waals surface area (Å²) >= 11 is 0. The molecule has 6 heteroatoms. The maximum atomic E-state index is 11.5. The van der Waals surface area contributed by atoms with Crippen molar-refractivity contribution < 1.29 is 19.1 Å². The molecule has 2 rings (SSSR count). The standard InChI is InChI=1S/C13H16N2O4/c1-3-18-13(17)7-14-9-4-5-11-10(6-9)15(2)12(16)8-19-11/h4-6,14H,3,7-8H2,1-2H3. The highest BCUT2D eigenvalue weighted by Gasteiger charge is 2.22. The van der Waals surface area contributed by atoms with Crippen molar-refractivity contribution in [2.45, 2.75) is 6.92 Å². The van der Waals surface area contributed by atoms with E-state index in [0.717, 1.165) is 5.69 Å². The molecule has 19 heavy (non-hydrogen) atoms. The molecule has 0 saturated carbocycles. The Morgan fingerprint density at radius 2 is 2.32 bits per heavy atom. The molecule has 0 atom stereocenters. The smallest absolute Gasteiger partial charge is 0.325 e. The van der Waals surface area contributed by atoms with Gasteiger partial charge in [-0.25, -0.2) is 0 Å². The molecule has 6 nitrogen and oxygen atoms in total. The molecular formula is C13H16N2O4. The molecular weight excluding hydrogens is 248 g/mol. The van der Waals surface area contributed by atoms with Gasteiger partial charge in [0.05, 0.1) is 12.3 Å². The van der Waals surface area contributed by atoms with Crippen molar-refractivity contribution in [3.05, 3.63) is 18.2 Å². The topological polar surface area (TPSA) is 67.9 Å². The van der Waals surface area contributed by atoms with Gasteiger partial charge in [0.1, 0.15) is 12.3 Å². The van der Waals surface area contributed by atoms with Crippen molar-refractivity contribution >= 4 is 23.3 Å². The van der Waals surface area contributed by atoms with Gasteiger partial charge in [0.25, 0.3) is 5.91 Å². The number of rotatable bonds is 4. The third-order valence-corrected chi connectivity index (χ3v) is 2.79. The molecule has 1 aliphatic rings. The van der Waals surface area contributed by atoms with E-state index in [-0.39, 0.29) is 25.0 Å². The zero-order valence-corrected chi connectivity index (χ0v) is 10.9. The molecule has 1 aliphatic heterocycles. The lowest BCUT2D eigenvalue weighted by atomic mass is 10.2. The van der Waals surface area contributed by atoms with Crippen molar-refractivity contribution in [2.75, 3.05) is 37.0 Å². The van der Waals surface area contributed by atoms with E-state index in [1.54, 1.807) is 32.2 Å². The van der Waals surface area contributed by atoms with Gasteiger partial charge in [-0.3, -0.25) is 9.59 Å². The molecule has 0 aromatic heterocycles. The largest absolute Gasteiger partial charge is 0.482 e. The van der Waals surface area contributed by atoms with Crippen LogP contribution in [0.15, 0.2) is 18.2 Å². The van der Waals surface area contributed by atoms with E-state index >= 15 is 0 Å². The minimum absolute atomic E-state index is 0.0547. The maximum absolute atomic E-state index is 11.5. The fourth-order valence-electron chi connectivity index (χ4n) is 1.77. The maximum Gasteiger partial charge on any atom is 0.325 e. The highest BCUT2D eigenvalue weighted by molar-refractivity contribution is 5.98. The third-order valence-electron chi connectivity index (χ3n) is 2.79. The summed E-state index contributed by atoms with van der Waals surface area (Å²) in [6.45, 7) is 2.26.